The van der Waals surface area contributed by atoms with Crippen LogP contribution in [0, 0.1) is 5.92 Å². The molecule has 0 spiro atoms. The van der Waals surface area contributed by atoms with E-state index in [1.54, 1.807) is 12.1 Å². The van der Waals surface area contributed by atoms with Gasteiger partial charge in [-0.15, -0.1) is 0 Å². The number of rotatable bonds is 5. The molecule has 6 heteroatoms. The Morgan fingerprint density at radius 1 is 1.17 bits per heavy atom. The molecule has 1 aliphatic carbocycles. The van der Waals surface area contributed by atoms with E-state index in [0.717, 1.165) is 25.7 Å². The fourth-order valence-electron chi connectivity index (χ4n) is 3.43. The van der Waals surface area contributed by atoms with Crippen molar-refractivity contribution in [1.82, 2.24) is 4.90 Å². The van der Waals surface area contributed by atoms with Crippen LogP contribution in [0.5, 0.6) is 0 Å². The standard InChI is InChI=1S/C18H22N2O4/c21-16(19-14-6-2-1-3-7-14)12-24-18(23)13-10-17(22)20(11-13)15-8-4-5-9-15/h1-3,6-7,13,15H,4-5,8-12H2,(H,19,21)/t13-/m1/s1. The summed E-state index contributed by atoms with van der Waals surface area (Å²) >= 11 is 0. The molecule has 1 saturated heterocycles. The maximum absolute atomic E-state index is 12.1. The lowest BCUT2D eigenvalue weighted by molar-refractivity contribution is -0.151. The molecule has 1 heterocycles. The zero-order chi connectivity index (χ0) is 16.9. The monoisotopic (exact) mass is 330 g/mol. The van der Waals surface area contributed by atoms with Crippen molar-refractivity contribution < 1.29 is 19.1 Å². The first-order valence-electron chi connectivity index (χ1n) is 8.44. The van der Waals surface area contributed by atoms with Crippen LogP contribution < -0.4 is 5.32 Å². The Hall–Kier alpha value is -2.37. The van der Waals surface area contributed by atoms with E-state index in [1.165, 1.54) is 0 Å². The Labute approximate surface area is 141 Å². The second-order valence-corrected chi connectivity index (χ2v) is 6.41. The third-order valence-corrected chi connectivity index (χ3v) is 4.66. The van der Waals surface area contributed by atoms with Gasteiger partial charge in [0.25, 0.3) is 5.91 Å². The Bertz CT molecular complexity index is 611. The lowest BCUT2D eigenvalue weighted by Crippen LogP contribution is -2.35. The zero-order valence-corrected chi connectivity index (χ0v) is 13.6. The van der Waals surface area contributed by atoms with Crippen LogP contribution in [0.3, 0.4) is 0 Å². The molecular weight excluding hydrogens is 308 g/mol. The quantitative estimate of drug-likeness (QED) is 0.838. The topological polar surface area (TPSA) is 75.7 Å². The predicted octanol–water partition coefficient (Wildman–Crippen LogP) is 1.96. The van der Waals surface area contributed by atoms with Crippen LogP contribution in [-0.2, 0) is 19.1 Å². The molecule has 24 heavy (non-hydrogen) atoms. The summed E-state index contributed by atoms with van der Waals surface area (Å²) in [5.74, 6) is -1.28. The lowest BCUT2D eigenvalue weighted by atomic mass is 10.1. The van der Waals surface area contributed by atoms with Crippen LogP contribution >= 0.6 is 0 Å². The zero-order valence-electron chi connectivity index (χ0n) is 13.6. The molecule has 0 aromatic heterocycles. The van der Waals surface area contributed by atoms with Gasteiger partial charge in [-0.25, -0.2) is 0 Å². The highest BCUT2D eigenvalue weighted by molar-refractivity contribution is 5.93. The first-order chi connectivity index (χ1) is 11.6. The van der Waals surface area contributed by atoms with Crippen LogP contribution in [0.1, 0.15) is 32.1 Å². The Morgan fingerprint density at radius 2 is 1.88 bits per heavy atom. The number of nitrogens with one attached hydrogen (secondary N) is 1. The Morgan fingerprint density at radius 3 is 2.58 bits per heavy atom. The third kappa shape index (κ3) is 3.93. The molecule has 3 rings (SSSR count). The number of carbonyl (C=O) groups is 3. The van der Waals surface area contributed by atoms with E-state index in [0.29, 0.717) is 12.2 Å². The van der Waals surface area contributed by atoms with Crippen LogP contribution in [0.2, 0.25) is 0 Å². The number of benzene rings is 1. The second-order valence-electron chi connectivity index (χ2n) is 6.41. The minimum atomic E-state index is -0.466. The van der Waals surface area contributed by atoms with Crippen molar-refractivity contribution in [3.05, 3.63) is 30.3 Å². The van der Waals surface area contributed by atoms with E-state index in [2.05, 4.69) is 5.32 Å². The van der Waals surface area contributed by atoms with Crippen LogP contribution in [-0.4, -0.2) is 41.9 Å². The number of esters is 1. The minimum Gasteiger partial charge on any atom is -0.455 e. The normalized spacial score (nSPS) is 21.1. The first-order valence-corrected chi connectivity index (χ1v) is 8.44. The van der Waals surface area contributed by atoms with Crippen molar-refractivity contribution in [3.63, 3.8) is 0 Å². The van der Waals surface area contributed by atoms with Gasteiger partial charge in [0.15, 0.2) is 6.61 Å². The number of carbonyl (C=O) groups excluding carboxylic acids is 3. The van der Waals surface area contributed by atoms with Crippen molar-refractivity contribution in [3.8, 4) is 0 Å². The Balaban J connectivity index is 1.45. The van der Waals surface area contributed by atoms with Gasteiger partial charge in [0.2, 0.25) is 5.91 Å². The third-order valence-electron chi connectivity index (χ3n) is 4.66. The molecule has 1 saturated carbocycles. The van der Waals surface area contributed by atoms with Crippen molar-refractivity contribution in [2.45, 2.75) is 38.1 Å². The predicted molar refractivity (Wildman–Crippen MR) is 88.1 cm³/mol. The van der Waals surface area contributed by atoms with Crippen LogP contribution in [0.15, 0.2) is 30.3 Å². The second kappa shape index (κ2) is 7.47. The van der Waals surface area contributed by atoms with Crippen LogP contribution in [0.25, 0.3) is 0 Å². The molecule has 1 atom stereocenters. The average molecular weight is 330 g/mol. The molecule has 0 radical (unpaired) electrons. The summed E-state index contributed by atoms with van der Waals surface area (Å²) in [4.78, 5) is 37.8. The molecule has 2 amide bonds. The van der Waals surface area contributed by atoms with E-state index >= 15 is 0 Å². The molecule has 1 N–H and O–H groups in total. The molecule has 6 nitrogen and oxygen atoms in total. The SMILES string of the molecule is O=C(COC(=O)[C@@H]1CC(=O)N(C2CCCC2)C1)Nc1ccccc1. The van der Waals surface area contributed by atoms with Gasteiger partial charge in [-0.2, -0.15) is 0 Å². The number of ether oxygens (including phenoxy) is 1. The minimum absolute atomic E-state index is 0.0255. The number of hydrogen-bond donors (Lipinski definition) is 1. The molecule has 0 unspecified atom stereocenters. The molecule has 128 valence electrons. The van der Waals surface area contributed by atoms with E-state index in [4.69, 9.17) is 4.74 Å². The molecule has 1 aromatic carbocycles. The highest BCUT2D eigenvalue weighted by atomic mass is 16.5. The summed E-state index contributed by atoms with van der Waals surface area (Å²) in [5.41, 5.74) is 0.655. The average Bonchev–Trinajstić information content (AvgIpc) is 3.23. The molecule has 2 aliphatic rings. The van der Waals surface area contributed by atoms with Gasteiger partial charge in [-0.05, 0) is 25.0 Å². The van der Waals surface area contributed by atoms with Crippen molar-refractivity contribution >= 4 is 23.5 Å². The fraction of sp³-hybridized carbons (Fsp3) is 0.500. The highest BCUT2D eigenvalue weighted by Crippen LogP contribution is 2.29. The number of amides is 2. The number of para-hydroxylation sites is 1. The van der Waals surface area contributed by atoms with Crippen molar-refractivity contribution in [2.24, 2.45) is 5.92 Å². The van der Waals surface area contributed by atoms with Crippen molar-refractivity contribution in [1.29, 1.82) is 0 Å². The largest absolute Gasteiger partial charge is 0.455 e. The summed E-state index contributed by atoms with van der Waals surface area (Å²) in [6.07, 6.45) is 4.52. The molecule has 0 bridgehead atoms. The number of anilines is 1. The number of hydrogen-bond acceptors (Lipinski definition) is 4. The van der Waals surface area contributed by atoms with E-state index in [-0.39, 0.29) is 30.9 Å². The summed E-state index contributed by atoms with van der Waals surface area (Å²) < 4.78 is 5.09. The summed E-state index contributed by atoms with van der Waals surface area (Å²) in [6, 6.07) is 9.26. The summed E-state index contributed by atoms with van der Waals surface area (Å²) in [5, 5.41) is 2.66. The molecule has 2 fully saturated rings. The maximum atomic E-state index is 12.1. The van der Waals surface area contributed by atoms with Gasteiger partial charge in [-0.1, -0.05) is 31.0 Å². The van der Waals surface area contributed by atoms with Gasteiger partial charge < -0.3 is 15.0 Å². The number of likely N-dealkylation sites (tertiary alicyclic amines) is 1. The van der Waals surface area contributed by atoms with E-state index in [1.807, 2.05) is 23.1 Å². The van der Waals surface area contributed by atoms with Gasteiger partial charge >= 0.3 is 5.97 Å². The molecule has 1 aromatic rings. The van der Waals surface area contributed by atoms with Crippen LogP contribution in [0.4, 0.5) is 5.69 Å². The summed E-state index contributed by atoms with van der Waals surface area (Å²) in [7, 11) is 0. The van der Waals surface area contributed by atoms with Gasteiger partial charge in [0, 0.05) is 24.7 Å². The lowest BCUT2D eigenvalue weighted by Gasteiger charge is -2.23. The van der Waals surface area contributed by atoms with Gasteiger partial charge in [0.1, 0.15) is 0 Å². The fourth-order valence-corrected chi connectivity index (χ4v) is 3.43. The smallest absolute Gasteiger partial charge is 0.311 e. The highest BCUT2D eigenvalue weighted by Gasteiger charge is 2.39. The van der Waals surface area contributed by atoms with E-state index in [9.17, 15) is 14.4 Å². The first kappa shape index (κ1) is 16.5. The molecular formula is C18H22N2O4. The Kier molecular flexibility index (Phi) is 5.13. The summed E-state index contributed by atoms with van der Waals surface area (Å²) in [6.45, 7) is 0.0878. The molecule has 1 aliphatic heterocycles. The van der Waals surface area contributed by atoms with Crippen molar-refractivity contribution in [2.75, 3.05) is 18.5 Å². The van der Waals surface area contributed by atoms with Gasteiger partial charge in [0.05, 0.1) is 5.92 Å². The number of nitrogens with zero attached hydrogens (tertiary/aromatic N) is 1. The van der Waals surface area contributed by atoms with E-state index < -0.39 is 11.9 Å². The van der Waals surface area contributed by atoms with Gasteiger partial charge in [-0.3, -0.25) is 14.4 Å². The maximum Gasteiger partial charge on any atom is 0.311 e.